The quantitative estimate of drug-likeness (QED) is 0.669. The number of hydrogen-bond donors (Lipinski definition) is 1. The number of rotatable bonds is 8. The first kappa shape index (κ1) is 21.7. The van der Waals surface area contributed by atoms with Crippen molar-refractivity contribution in [3.63, 3.8) is 0 Å². The molecular formula is C20H23NO8. The summed E-state index contributed by atoms with van der Waals surface area (Å²) >= 11 is 0. The average molecular weight is 405 g/mol. The van der Waals surface area contributed by atoms with Crippen molar-refractivity contribution in [2.75, 3.05) is 48.0 Å². The third-order valence-electron chi connectivity index (χ3n) is 4.10. The molecule has 0 saturated heterocycles. The zero-order chi connectivity index (χ0) is 21.6. The predicted octanol–water partition coefficient (Wildman–Crippen LogP) is 2.77. The fourth-order valence-electron chi connectivity index (χ4n) is 2.67. The van der Waals surface area contributed by atoms with Gasteiger partial charge in [-0.15, -0.1) is 0 Å². The summed E-state index contributed by atoms with van der Waals surface area (Å²) in [4.78, 5) is 25.1. The third-order valence-corrected chi connectivity index (χ3v) is 4.10. The zero-order valence-electron chi connectivity index (χ0n) is 17.1. The summed E-state index contributed by atoms with van der Waals surface area (Å²) in [5.41, 5.74) is 0.518. The van der Waals surface area contributed by atoms with Gasteiger partial charge in [0, 0.05) is 17.7 Å². The van der Waals surface area contributed by atoms with Crippen LogP contribution >= 0.6 is 0 Å². The van der Waals surface area contributed by atoms with Crippen molar-refractivity contribution >= 4 is 17.6 Å². The topological polar surface area (TPSA) is 102 Å². The Morgan fingerprint density at radius 3 is 1.66 bits per heavy atom. The molecule has 0 atom stereocenters. The molecule has 156 valence electrons. The van der Waals surface area contributed by atoms with Gasteiger partial charge in [0.1, 0.15) is 0 Å². The average Bonchev–Trinajstić information content (AvgIpc) is 2.76. The van der Waals surface area contributed by atoms with E-state index in [1.807, 2.05) is 0 Å². The van der Waals surface area contributed by atoms with E-state index in [0.717, 1.165) is 0 Å². The van der Waals surface area contributed by atoms with E-state index in [4.69, 9.17) is 28.4 Å². The van der Waals surface area contributed by atoms with Crippen molar-refractivity contribution in [2.45, 2.75) is 0 Å². The van der Waals surface area contributed by atoms with Crippen molar-refractivity contribution in [2.24, 2.45) is 0 Å². The van der Waals surface area contributed by atoms with Crippen LogP contribution in [0.15, 0.2) is 24.3 Å². The van der Waals surface area contributed by atoms with Gasteiger partial charge in [0.15, 0.2) is 23.0 Å². The molecule has 9 heteroatoms. The van der Waals surface area contributed by atoms with Crippen LogP contribution in [0, 0.1) is 0 Å². The lowest BCUT2D eigenvalue weighted by Gasteiger charge is -2.16. The number of esters is 1. The summed E-state index contributed by atoms with van der Waals surface area (Å²) in [5.74, 6) is 0.481. The number of hydrogen-bond acceptors (Lipinski definition) is 8. The van der Waals surface area contributed by atoms with Crippen molar-refractivity contribution in [1.29, 1.82) is 0 Å². The number of anilines is 1. The summed E-state index contributed by atoms with van der Waals surface area (Å²) in [6.45, 7) is 0. The van der Waals surface area contributed by atoms with Crippen LogP contribution in [0.25, 0.3) is 0 Å². The molecule has 0 spiro atoms. The predicted molar refractivity (Wildman–Crippen MR) is 105 cm³/mol. The molecule has 0 bridgehead atoms. The fourth-order valence-corrected chi connectivity index (χ4v) is 2.67. The summed E-state index contributed by atoms with van der Waals surface area (Å²) in [7, 11) is 8.48. The van der Waals surface area contributed by atoms with E-state index in [-0.39, 0.29) is 16.8 Å². The number of carbonyl (C=O) groups is 2. The lowest BCUT2D eigenvalue weighted by atomic mass is 10.1. The van der Waals surface area contributed by atoms with Crippen molar-refractivity contribution in [3.05, 3.63) is 35.4 Å². The van der Waals surface area contributed by atoms with E-state index in [0.29, 0.717) is 28.7 Å². The molecule has 0 aliphatic carbocycles. The number of nitrogens with one attached hydrogen (secondary N) is 1. The number of amides is 1. The summed E-state index contributed by atoms with van der Waals surface area (Å²) in [6.07, 6.45) is 0. The molecule has 2 aromatic rings. The van der Waals surface area contributed by atoms with Gasteiger partial charge in [-0.1, -0.05) is 0 Å². The summed E-state index contributed by atoms with van der Waals surface area (Å²) in [6, 6.07) is 5.89. The highest BCUT2D eigenvalue weighted by atomic mass is 16.5. The minimum Gasteiger partial charge on any atom is -0.493 e. The van der Waals surface area contributed by atoms with Gasteiger partial charge in [0.05, 0.1) is 53.9 Å². The van der Waals surface area contributed by atoms with Gasteiger partial charge in [-0.2, -0.15) is 0 Å². The SMILES string of the molecule is COC(=O)c1cc(OC)c(OC)cc1NC(=O)c1cc(OC)c(OC)c(OC)c1. The second kappa shape index (κ2) is 9.54. The molecular weight excluding hydrogens is 382 g/mol. The molecule has 0 aliphatic heterocycles. The molecule has 2 aromatic carbocycles. The monoisotopic (exact) mass is 405 g/mol. The molecule has 0 heterocycles. The maximum absolute atomic E-state index is 12.9. The minimum atomic E-state index is -0.647. The van der Waals surface area contributed by atoms with Gasteiger partial charge in [-0.3, -0.25) is 4.79 Å². The highest BCUT2D eigenvalue weighted by Crippen LogP contribution is 2.39. The van der Waals surface area contributed by atoms with Crippen LogP contribution in [0.3, 0.4) is 0 Å². The van der Waals surface area contributed by atoms with Crippen LogP contribution in [-0.2, 0) is 4.74 Å². The minimum absolute atomic E-state index is 0.103. The first-order valence-electron chi connectivity index (χ1n) is 8.39. The first-order valence-corrected chi connectivity index (χ1v) is 8.39. The number of benzene rings is 2. The second-order valence-electron chi connectivity index (χ2n) is 5.61. The molecule has 0 aliphatic rings. The van der Waals surface area contributed by atoms with Gasteiger partial charge < -0.3 is 33.7 Å². The number of methoxy groups -OCH3 is 6. The Hall–Kier alpha value is -3.62. The lowest BCUT2D eigenvalue weighted by molar-refractivity contribution is 0.0601. The highest BCUT2D eigenvalue weighted by molar-refractivity contribution is 6.09. The molecule has 1 amide bonds. The lowest BCUT2D eigenvalue weighted by Crippen LogP contribution is -2.16. The van der Waals surface area contributed by atoms with Gasteiger partial charge in [0.2, 0.25) is 5.75 Å². The van der Waals surface area contributed by atoms with Gasteiger partial charge in [-0.25, -0.2) is 4.79 Å². The Balaban J connectivity index is 2.50. The van der Waals surface area contributed by atoms with Gasteiger partial charge in [-0.05, 0) is 12.1 Å². The number of carbonyl (C=O) groups excluding carboxylic acids is 2. The molecule has 2 rings (SSSR count). The Kier molecular flexibility index (Phi) is 7.13. The van der Waals surface area contributed by atoms with Crippen LogP contribution in [0.5, 0.6) is 28.7 Å². The van der Waals surface area contributed by atoms with E-state index in [1.54, 1.807) is 0 Å². The van der Waals surface area contributed by atoms with Crippen LogP contribution in [0.2, 0.25) is 0 Å². The first-order chi connectivity index (χ1) is 13.9. The van der Waals surface area contributed by atoms with E-state index < -0.39 is 11.9 Å². The molecule has 0 saturated carbocycles. The molecule has 9 nitrogen and oxygen atoms in total. The zero-order valence-corrected chi connectivity index (χ0v) is 17.1. The smallest absolute Gasteiger partial charge is 0.340 e. The summed E-state index contributed by atoms with van der Waals surface area (Å²) < 4.78 is 31.1. The largest absolute Gasteiger partial charge is 0.493 e. The van der Waals surface area contributed by atoms with E-state index in [1.165, 1.54) is 66.9 Å². The fraction of sp³-hybridized carbons (Fsp3) is 0.300. The Labute approximate surface area is 168 Å². The Bertz CT molecular complexity index is 885. The Morgan fingerprint density at radius 1 is 0.690 bits per heavy atom. The molecule has 0 aromatic heterocycles. The van der Waals surface area contributed by atoms with Crippen LogP contribution < -0.4 is 29.0 Å². The van der Waals surface area contributed by atoms with E-state index >= 15 is 0 Å². The normalized spacial score (nSPS) is 10.0. The van der Waals surface area contributed by atoms with E-state index in [9.17, 15) is 9.59 Å². The maximum atomic E-state index is 12.9. The Morgan fingerprint density at radius 2 is 1.21 bits per heavy atom. The number of ether oxygens (including phenoxy) is 6. The van der Waals surface area contributed by atoms with Crippen molar-refractivity contribution < 1.29 is 38.0 Å². The molecule has 1 N–H and O–H groups in total. The maximum Gasteiger partial charge on any atom is 0.340 e. The van der Waals surface area contributed by atoms with Crippen LogP contribution in [0.4, 0.5) is 5.69 Å². The van der Waals surface area contributed by atoms with Gasteiger partial charge in [0.25, 0.3) is 5.91 Å². The summed E-state index contributed by atoms with van der Waals surface area (Å²) in [5, 5.41) is 2.68. The van der Waals surface area contributed by atoms with Crippen molar-refractivity contribution in [3.8, 4) is 28.7 Å². The standard InChI is InChI=1S/C20H23NO8/c1-24-14-9-12(20(23)29-6)13(10-15(14)25-2)21-19(22)11-7-16(26-3)18(28-5)17(8-11)27-4/h7-10H,1-6H3,(H,21,22). The van der Waals surface area contributed by atoms with Crippen LogP contribution in [0.1, 0.15) is 20.7 Å². The molecule has 29 heavy (non-hydrogen) atoms. The molecule has 0 radical (unpaired) electrons. The molecule has 0 fully saturated rings. The van der Waals surface area contributed by atoms with Gasteiger partial charge >= 0.3 is 5.97 Å². The molecule has 0 unspecified atom stereocenters. The van der Waals surface area contributed by atoms with Crippen LogP contribution in [-0.4, -0.2) is 54.5 Å². The second-order valence-corrected chi connectivity index (χ2v) is 5.61. The third kappa shape index (κ3) is 4.45. The van der Waals surface area contributed by atoms with E-state index in [2.05, 4.69) is 5.32 Å². The highest BCUT2D eigenvalue weighted by Gasteiger charge is 2.21. The van der Waals surface area contributed by atoms with Crippen molar-refractivity contribution in [1.82, 2.24) is 0 Å².